The molecule has 1 fully saturated rings. The summed E-state index contributed by atoms with van der Waals surface area (Å²) >= 11 is 0. The number of nitrogens with zero attached hydrogens (tertiary/aromatic N) is 2. The first-order valence-corrected chi connectivity index (χ1v) is 7.59. The van der Waals surface area contributed by atoms with Gasteiger partial charge >= 0.3 is 0 Å². The maximum absolute atomic E-state index is 12.0. The molecule has 5 heteroatoms. The number of aromatic nitrogens is 2. The average molecular weight is 287 g/mol. The lowest BCUT2D eigenvalue weighted by atomic mass is 9.85. The molecule has 1 aliphatic carbocycles. The predicted octanol–water partition coefficient (Wildman–Crippen LogP) is 1.34. The Morgan fingerprint density at radius 1 is 1.33 bits per heavy atom. The molecule has 0 radical (unpaired) electrons. The molecule has 2 unspecified atom stereocenters. The van der Waals surface area contributed by atoms with Crippen LogP contribution < -0.4 is 10.9 Å². The summed E-state index contributed by atoms with van der Waals surface area (Å²) in [5, 5.41) is 12.9. The van der Waals surface area contributed by atoms with E-state index in [2.05, 4.69) is 10.3 Å². The van der Waals surface area contributed by atoms with Gasteiger partial charge in [0.2, 0.25) is 0 Å². The van der Waals surface area contributed by atoms with Gasteiger partial charge in [0.1, 0.15) is 5.65 Å². The third kappa shape index (κ3) is 3.14. The van der Waals surface area contributed by atoms with Gasteiger partial charge in [-0.2, -0.15) is 0 Å². The number of aliphatic hydroxyl groups excluding tert-OH is 1. The van der Waals surface area contributed by atoms with E-state index in [0.717, 1.165) is 18.5 Å². The summed E-state index contributed by atoms with van der Waals surface area (Å²) < 4.78 is 1.54. The Bertz CT molecular complexity index is 668. The molecule has 2 N–H and O–H groups in total. The smallest absolute Gasteiger partial charge is 0.258 e. The number of rotatable bonds is 4. The highest BCUT2D eigenvalue weighted by Crippen LogP contribution is 2.24. The molecule has 0 aromatic carbocycles. The summed E-state index contributed by atoms with van der Waals surface area (Å²) in [7, 11) is 0. The van der Waals surface area contributed by atoms with E-state index in [-0.39, 0.29) is 12.2 Å². The Balaban J connectivity index is 1.74. The molecule has 2 heterocycles. The second-order valence-electron chi connectivity index (χ2n) is 5.73. The van der Waals surface area contributed by atoms with Gasteiger partial charge in [0.15, 0.2) is 0 Å². The van der Waals surface area contributed by atoms with Crippen molar-refractivity contribution in [3.05, 3.63) is 46.5 Å². The van der Waals surface area contributed by atoms with Crippen molar-refractivity contribution in [2.45, 2.75) is 38.3 Å². The van der Waals surface area contributed by atoms with Crippen molar-refractivity contribution >= 4 is 5.65 Å². The van der Waals surface area contributed by atoms with Crippen LogP contribution in [0.5, 0.6) is 0 Å². The quantitative estimate of drug-likeness (QED) is 0.890. The minimum Gasteiger partial charge on any atom is -0.396 e. The van der Waals surface area contributed by atoms with Gasteiger partial charge in [0.05, 0.1) is 5.69 Å². The minimum atomic E-state index is -0.0558. The van der Waals surface area contributed by atoms with Gasteiger partial charge in [-0.1, -0.05) is 18.9 Å². The third-order valence-corrected chi connectivity index (χ3v) is 4.31. The molecule has 0 spiro atoms. The van der Waals surface area contributed by atoms with E-state index < -0.39 is 0 Å². The first kappa shape index (κ1) is 14.2. The molecule has 2 atom stereocenters. The SMILES string of the molecule is O=c1cc(CNC2CCCCC2CO)nc2ccccn12. The number of pyridine rings is 1. The van der Waals surface area contributed by atoms with Crippen LogP contribution in [-0.2, 0) is 6.54 Å². The molecule has 5 nitrogen and oxygen atoms in total. The molecule has 0 saturated heterocycles. The highest BCUT2D eigenvalue weighted by atomic mass is 16.3. The first-order valence-electron chi connectivity index (χ1n) is 7.59. The van der Waals surface area contributed by atoms with Crippen molar-refractivity contribution in [2.75, 3.05) is 6.61 Å². The fraction of sp³-hybridized carbons (Fsp3) is 0.500. The van der Waals surface area contributed by atoms with E-state index in [1.165, 1.54) is 12.8 Å². The fourth-order valence-electron chi connectivity index (χ4n) is 3.12. The summed E-state index contributed by atoms with van der Waals surface area (Å²) in [6.45, 7) is 0.799. The van der Waals surface area contributed by atoms with Crippen LogP contribution in [0.25, 0.3) is 5.65 Å². The van der Waals surface area contributed by atoms with Crippen molar-refractivity contribution in [2.24, 2.45) is 5.92 Å². The van der Waals surface area contributed by atoms with Gasteiger partial charge in [-0.3, -0.25) is 9.20 Å². The van der Waals surface area contributed by atoms with Crippen LogP contribution in [-0.4, -0.2) is 27.1 Å². The zero-order valence-corrected chi connectivity index (χ0v) is 12.0. The highest BCUT2D eigenvalue weighted by Gasteiger charge is 2.23. The number of fused-ring (bicyclic) bond motifs is 1. The van der Waals surface area contributed by atoms with Crippen molar-refractivity contribution in [1.29, 1.82) is 0 Å². The summed E-state index contributed by atoms with van der Waals surface area (Å²) in [5.41, 5.74) is 1.37. The number of aliphatic hydroxyl groups is 1. The zero-order chi connectivity index (χ0) is 14.7. The second-order valence-corrected chi connectivity index (χ2v) is 5.73. The number of hydrogen-bond acceptors (Lipinski definition) is 4. The molecule has 0 bridgehead atoms. The highest BCUT2D eigenvalue weighted by molar-refractivity contribution is 5.37. The summed E-state index contributed by atoms with van der Waals surface area (Å²) in [4.78, 5) is 16.5. The summed E-state index contributed by atoms with van der Waals surface area (Å²) in [5.74, 6) is 0.320. The molecular weight excluding hydrogens is 266 g/mol. The molecule has 0 aliphatic heterocycles. The Hall–Kier alpha value is -1.72. The van der Waals surface area contributed by atoms with Gasteiger partial charge < -0.3 is 10.4 Å². The number of nitrogens with one attached hydrogen (secondary N) is 1. The monoisotopic (exact) mass is 287 g/mol. The average Bonchev–Trinajstić information content (AvgIpc) is 2.53. The fourth-order valence-corrected chi connectivity index (χ4v) is 3.12. The second kappa shape index (κ2) is 6.37. The lowest BCUT2D eigenvalue weighted by Crippen LogP contribution is -2.40. The molecule has 0 amide bonds. The van der Waals surface area contributed by atoms with Crippen LogP contribution in [0.4, 0.5) is 0 Å². The van der Waals surface area contributed by atoms with Crippen LogP contribution in [0.1, 0.15) is 31.4 Å². The zero-order valence-electron chi connectivity index (χ0n) is 12.0. The Kier molecular flexibility index (Phi) is 4.31. The lowest BCUT2D eigenvalue weighted by Gasteiger charge is -2.30. The Morgan fingerprint density at radius 2 is 2.19 bits per heavy atom. The largest absolute Gasteiger partial charge is 0.396 e. The van der Waals surface area contributed by atoms with Gasteiger partial charge in [-0.25, -0.2) is 4.98 Å². The van der Waals surface area contributed by atoms with Gasteiger partial charge in [-0.15, -0.1) is 0 Å². The molecule has 2 aromatic heterocycles. The van der Waals surface area contributed by atoms with Gasteiger partial charge in [-0.05, 0) is 30.9 Å². The van der Waals surface area contributed by atoms with Crippen molar-refractivity contribution in [3.63, 3.8) is 0 Å². The molecule has 2 aromatic rings. The van der Waals surface area contributed by atoms with E-state index in [9.17, 15) is 9.90 Å². The molecule has 1 aliphatic rings. The lowest BCUT2D eigenvalue weighted by molar-refractivity contribution is 0.152. The number of hydrogen-bond donors (Lipinski definition) is 2. The van der Waals surface area contributed by atoms with E-state index in [0.29, 0.717) is 24.2 Å². The molecular formula is C16H21N3O2. The third-order valence-electron chi connectivity index (χ3n) is 4.31. The Labute approximate surface area is 123 Å². The van der Waals surface area contributed by atoms with Crippen molar-refractivity contribution < 1.29 is 5.11 Å². The topological polar surface area (TPSA) is 66.6 Å². The minimum absolute atomic E-state index is 0.0558. The standard InChI is InChI=1S/C16H21N3O2/c20-11-12-5-1-2-6-14(12)17-10-13-9-16(21)19-8-4-3-7-15(19)18-13/h3-4,7-9,12,14,17,20H,1-2,5-6,10-11H2. The van der Waals surface area contributed by atoms with Gasteiger partial charge in [0.25, 0.3) is 5.56 Å². The predicted molar refractivity (Wildman–Crippen MR) is 81.1 cm³/mol. The van der Waals surface area contributed by atoms with Gasteiger partial charge in [0, 0.05) is 31.5 Å². The van der Waals surface area contributed by atoms with Crippen LogP contribution in [0.2, 0.25) is 0 Å². The van der Waals surface area contributed by atoms with Crippen LogP contribution in [0, 0.1) is 5.92 Å². The summed E-state index contributed by atoms with van der Waals surface area (Å²) in [6.07, 6.45) is 6.27. The maximum Gasteiger partial charge on any atom is 0.258 e. The van der Waals surface area contributed by atoms with E-state index in [1.807, 2.05) is 18.2 Å². The van der Waals surface area contributed by atoms with E-state index in [4.69, 9.17) is 0 Å². The first-order chi connectivity index (χ1) is 10.3. The van der Waals surface area contributed by atoms with Crippen LogP contribution >= 0.6 is 0 Å². The van der Waals surface area contributed by atoms with Crippen LogP contribution in [0.3, 0.4) is 0 Å². The molecule has 21 heavy (non-hydrogen) atoms. The van der Waals surface area contributed by atoms with E-state index >= 15 is 0 Å². The molecule has 1 saturated carbocycles. The van der Waals surface area contributed by atoms with Crippen molar-refractivity contribution in [1.82, 2.24) is 14.7 Å². The maximum atomic E-state index is 12.0. The molecule has 3 rings (SSSR count). The normalized spacial score (nSPS) is 22.5. The Morgan fingerprint density at radius 3 is 3.05 bits per heavy atom. The van der Waals surface area contributed by atoms with Crippen LogP contribution in [0.15, 0.2) is 35.3 Å². The summed E-state index contributed by atoms with van der Waals surface area (Å²) in [6, 6.07) is 7.43. The molecule has 112 valence electrons. The van der Waals surface area contributed by atoms with Crippen molar-refractivity contribution in [3.8, 4) is 0 Å². The van der Waals surface area contributed by atoms with E-state index in [1.54, 1.807) is 16.7 Å².